The molecular formula is C15H22O4. The van der Waals surface area contributed by atoms with Gasteiger partial charge in [0.1, 0.15) is 5.92 Å². The van der Waals surface area contributed by atoms with Crippen LogP contribution in [0, 0.1) is 0 Å². The number of ether oxygens (including phenoxy) is 2. The van der Waals surface area contributed by atoms with Gasteiger partial charge in [0.25, 0.3) is 0 Å². The Bertz CT molecular complexity index is 376. The van der Waals surface area contributed by atoms with Crippen LogP contribution in [0.2, 0.25) is 0 Å². The molecule has 0 aliphatic carbocycles. The summed E-state index contributed by atoms with van der Waals surface area (Å²) in [5, 5.41) is 9.46. The lowest BCUT2D eigenvalue weighted by molar-refractivity contribution is -0.200. The Hall–Kier alpha value is -1.39. The van der Waals surface area contributed by atoms with Crippen molar-refractivity contribution in [2.75, 3.05) is 0 Å². The van der Waals surface area contributed by atoms with Crippen LogP contribution in [-0.2, 0) is 14.3 Å². The highest BCUT2D eigenvalue weighted by Gasteiger charge is 2.32. The standard InChI is InChI=1S/C15H22O4/c1-10(2)18-15(19-11(3)4)13(14(16)17)12-8-6-5-7-9-12/h5-11,13,15H,1-4H3,(H,16,17). The minimum Gasteiger partial charge on any atom is -0.481 e. The number of rotatable bonds is 7. The predicted molar refractivity (Wildman–Crippen MR) is 73.0 cm³/mol. The molecule has 0 bridgehead atoms. The minimum absolute atomic E-state index is 0.102. The molecule has 0 aliphatic rings. The number of hydrogen-bond acceptors (Lipinski definition) is 3. The van der Waals surface area contributed by atoms with Crippen molar-refractivity contribution in [1.29, 1.82) is 0 Å². The summed E-state index contributed by atoms with van der Waals surface area (Å²) in [7, 11) is 0. The summed E-state index contributed by atoms with van der Waals surface area (Å²) in [5.74, 6) is -1.77. The lowest BCUT2D eigenvalue weighted by Crippen LogP contribution is -2.35. The zero-order valence-electron chi connectivity index (χ0n) is 11.9. The quantitative estimate of drug-likeness (QED) is 0.771. The van der Waals surface area contributed by atoms with Crippen LogP contribution in [0.5, 0.6) is 0 Å². The van der Waals surface area contributed by atoms with Crippen molar-refractivity contribution in [2.45, 2.75) is 52.1 Å². The van der Waals surface area contributed by atoms with E-state index < -0.39 is 18.2 Å². The number of hydrogen-bond donors (Lipinski definition) is 1. The maximum Gasteiger partial charge on any atom is 0.316 e. The van der Waals surface area contributed by atoms with Gasteiger partial charge in [-0.3, -0.25) is 4.79 Å². The van der Waals surface area contributed by atoms with E-state index in [4.69, 9.17) is 9.47 Å². The Balaban J connectivity index is 3.01. The Kier molecular flexibility index (Phi) is 5.99. The summed E-state index contributed by atoms with van der Waals surface area (Å²) in [6.45, 7) is 7.45. The van der Waals surface area contributed by atoms with Crippen LogP contribution in [0.25, 0.3) is 0 Å². The summed E-state index contributed by atoms with van der Waals surface area (Å²) in [6.07, 6.45) is -0.997. The Labute approximate surface area is 114 Å². The average molecular weight is 266 g/mol. The maximum absolute atomic E-state index is 11.5. The Morgan fingerprint density at radius 1 is 1.00 bits per heavy atom. The van der Waals surface area contributed by atoms with E-state index in [9.17, 15) is 9.90 Å². The summed E-state index contributed by atoms with van der Waals surface area (Å²) in [5.41, 5.74) is 0.682. The first-order valence-corrected chi connectivity index (χ1v) is 6.50. The molecule has 0 radical (unpaired) electrons. The number of benzene rings is 1. The minimum atomic E-state index is -0.947. The van der Waals surface area contributed by atoms with Crippen molar-refractivity contribution < 1.29 is 19.4 Å². The molecule has 4 heteroatoms. The zero-order valence-corrected chi connectivity index (χ0v) is 11.9. The third-order valence-electron chi connectivity index (χ3n) is 2.51. The van der Waals surface area contributed by atoms with Gasteiger partial charge < -0.3 is 14.6 Å². The van der Waals surface area contributed by atoms with Crippen molar-refractivity contribution in [2.24, 2.45) is 0 Å². The van der Waals surface area contributed by atoms with Crippen LogP contribution < -0.4 is 0 Å². The molecule has 19 heavy (non-hydrogen) atoms. The summed E-state index contributed by atoms with van der Waals surface area (Å²) >= 11 is 0. The highest BCUT2D eigenvalue weighted by atomic mass is 16.7. The molecule has 1 unspecified atom stereocenters. The SMILES string of the molecule is CC(C)OC(OC(C)C)C(C(=O)O)c1ccccc1. The molecule has 1 aromatic rings. The van der Waals surface area contributed by atoms with Gasteiger partial charge in [-0.15, -0.1) is 0 Å². The topological polar surface area (TPSA) is 55.8 Å². The van der Waals surface area contributed by atoms with Gasteiger partial charge in [0.2, 0.25) is 0 Å². The van der Waals surface area contributed by atoms with Gasteiger partial charge in [0.05, 0.1) is 12.2 Å². The molecule has 1 N–H and O–H groups in total. The number of carboxylic acid groups (broad SMARTS) is 1. The van der Waals surface area contributed by atoms with E-state index in [-0.39, 0.29) is 12.2 Å². The number of aliphatic carboxylic acids is 1. The molecule has 1 aromatic carbocycles. The van der Waals surface area contributed by atoms with E-state index in [2.05, 4.69) is 0 Å². The molecule has 1 rings (SSSR count). The van der Waals surface area contributed by atoms with Gasteiger partial charge in [0.15, 0.2) is 6.29 Å². The molecule has 0 amide bonds. The van der Waals surface area contributed by atoms with Gasteiger partial charge in [-0.2, -0.15) is 0 Å². The number of carboxylic acids is 1. The Morgan fingerprint density at radius 3 is 1.84 bits per heavy atom. The lowest BCUT2D eigenvalue weighted by atomic mass is 9.98. The fourth-order valence-electron chi connectivity index (χ4n) is 1.80. The monoisotopic (exact) mass is 266 g/mol. The van der Waals surface area contributed by atoms with Crippen molar-refractivity contribution in [1.82, 2.24) is 0 Å². The summed E-state index contributed by atoms with van der Waals surface area (Å²) < 4.78 is 11.3. The maximum atomic E-state index is 11.5. The van der Waals surface area contributed by atoms with Gasteiger partial charge >= 0.3 is 5.97 Å². The summed E-state index contributed by atoms with van der Waals surface area (Å²) in [6, 6.07) is 9.03. The fourth-order valence-corrected chi connectivity index (χ4v) is 1.80. The van der Waals surface area contributed by atoms with Crippen molar-refractivity contribution in [3.8, 4) is 0 Å². The fraction of sp³-hybridized carbons (Fsp3) is 0.533. The third kappa shape index (κ3) is 5.01. The second kappa shape index (κ2) is 7.26. The second-order valence-electron chi connectivity index (χ2n) is 4.96. The highest BCUT2D eigenvalue weighted by molar-refractivity contribution is 5.76. The molecule has 1 atom stereocenters. The van der Waals surface area contributed by atoms with Crippen LogP contribution >= 0.6 is 0 Å². The van der Waals surface area contributed by atoms with Crippen LogP contribution in [-0.4, -0.2) is 29.6 Å². The molecule has 0 heterocycles. The lowest BCUT2D eigenvalue weighted by Gasteiger charge is -2.28. The smallest absolute Gasteiger partial charge is 0.316 e. The van der Waals surface area contributed by atoms with Crippen LogP contribution in [0.3, 0.4) is 0 Å². The molecule has 0 aromatic heterocycles. The highest BCUT2D eigenvalue weighted by Crippen LogP contribution is 2.25. The molecule has 106 valence electrons. The van der Waals surface area contributed by atoms with E-state index >= 15 is 0 Å². The van der Waals surface area contributed by atoms with Crippen LogP contribution in [0.15, 0.2) is 30.3 Å². The molecule has 0 saturated heterocycles. The largest absolute Gasteiger partial charge is 0.481 e. The van der Waals surface area contributed by atoms with Gasteiger partial charge in [-0.25, -0.2) is 0 Å². The normalized spacial score (nSPS) is 13.2. The second-order valence-corrected chi connectivity index (χ2v) is 4.96. The van der Waals surface area contributed by atoms with E-state index in [1.54, 1.807) is 12.1 Å². The first-order chi connectivity index (χ1) is 8.91. The molecule has 0 aliphatic heterocycles. The zero-order chi connectivity index (χ0) is 14.4. The molecule has 4 nitrogen and oxygen atoms in total. The Morgan fingerprint density at radius 2 is 1.47 bits per heavy atom. The van der Waals surface area contributed by atoms with Gasteiger partial charge in [0, 0.05) is 0 Å². The van der Waals surface area contributed by atoms with Crippen molar-refractivity contribution >= 4 is 5.97 Å². The van der Waals surface area contributed by atoms with E-state index in [0.29, 0.717) is 5.56 Å². The van der Waals surface area contributed by atoms with Crippen LogP contribution in [0.4, 0.5) is 0 Å². The first kappa shape index (κ1) is 15.7. The van der Waals surface area contributed by atoms with E-state index in [1.807, 2.05) is 45.9 Å². The van der Waals surface area contributed by atoms with Crippen molar-refractivity contribution in [3.63, 3.8) is 0 Å². The summed E-state index contributed by atoms with van der Waals surface area (Å²) in [4.78, 5) is 11.5. The number of carbonyl (C=O) groups is 1. The van der Waals surface area contributed by atoms with E-state index in [0.717, 1.165) is 0 Å². The molecule has 0 fully saturated rings. The van der Waals surface area contributed by atoms with E-state index in [1.165, 1.54) is 0 Å². The molecule has 0 saturated carbocycles. The first-order valence-electron chi connectivity index (χ1n) is 6.50. The van der Waals surface area contributed by atoms with Gasteiger partial charge in [-0.05, 0) is 33.3 Å². The predicted octanol–water partition coefficient (Wildman–Crippen LogP) is 3.03. The van der Waals surface area contributed by atoms with Crippen LogP contribution in [0.1, 0.15) is 39.2 Å². The van der Waals surface area contributed by atoms with Crippen molar-refractivity contribution in [3.05, 3.63) is 35.9 Å². The molecular weight excluding hydrogens is 244 g/mol. The van der Waals surface area contributed by atoms with Gasteiger partial charge in [-0.1, -0.05) is 30.3 Å². The average Bonchev–Trinajstić information content (AvgIpc) is 2.28. The third-order valence-corrected chi connectivity index (χ3v) is 2.51. The molecule has 0 spiro atoms.